The summed E-state index contributed by atoms with van der Waals surface area (Å²) in [6.07, 6.45) is 0. The van der Waals surface area contributed by atoms with Crippen molar-refractivity contribution in [2.45, 2.75) is 26.3 Å². The number of likely N-dealkylation sites (N-methyl/N-ethyl adjacent to an activating group) is 1. The third kappa shape index (κ3) is 3.48. The predicted molar refractivity (Wildman–Crippen MR) is 69.8 cm³/mol. The molecule has 0 saturated heterocycles. The summed E-state index contributed by atoms with van der Waals surface area (Å²) in [6, 6.07) is 6.38. The average Bonchev–Trinajstić information content (AvgIpc) is 2.29. The maximum atomic E-state index is 11.8. The first kappa shape index (κ1) is 14.0. The Morgan fingerprint density at radius 2 is 2.00 bits per heavy atom. The second kappa shape index (κ2) is 5.53. The van der Waals surface area contributed by atoms with Gasteiger partial charge in [-0.15, -0.1) is 0 Å². The highest BCUT2D eigenvalue weighted by molar-refractivity contribution is 5.91. The van der Waals surface area contributed by atoms with Crippen LogP contribution in [0.2, 0.25) is 0 Å². The minimum atomic E-state index is -0.991. The second-order valence-electron chi connectivity index (χ2n) is 4.50. The molecule has 1 amide bonds. The quantitative estimate of drug-likeness (QED) is 0.743. The molecule has 0 aliphatic carbocycles. The Bertz CT molecular complexity index is 455. The molecule has 0 bridgehead atoms. The van der Waals surface area contributed by atoms with Crippen molar-refractivity contribution in [3.63, 3.8) is 0 Å². The van der Waals surface area contributed by atoms with Gasteiger partial charge in [0.05, 0.1) is 5.56 Å². The lowest BCUT2D eigenvalue weighted by atomic mass is 10.0. The maximum absolute atomic E-state index is 11.8. The zero-order valence-electron chi connectivity index (χ0n) is 10.8. The van der Waals surface area contributed by atoms with Gasteiger partial charge in [-0.3, -0.25) is 4.79 Å². The summed E-state index contributed by atoms with van der Waals surface area (Å²) in [5, 5.41) is 14.6. The van der Waals surface area contributed by atoms with Crippen LogP contribution in [0.4, 0.5) is 5.69 Å². The molecule has 1 aromatic carbocycles. The first-order valence-corrected chi connectivity index (χ1v) is 5.76. The molecule has 98 valence electrons. The van der Waals surface area contributed by atoms with Crippen LogP contribution in [0.1, 0.15) is 31.1 Å². The van der Waals surface area contributed by atoms with Crippen molar-refractivity contribution >= 4 is 17.6 Å². The average molecular weight is 250 g/mol. The number of rotatable bonds is 5. The number of carbonyl (C=O) groups is 2. The van der Waals surface area contributed by atoms with Crippen molar-refractivity contribution in [1.29, 1.82) is 0 Å². The Morgan fingerprint density at radius 3 is 2.56 bits per heavy atom. The van der Waals surface area contributed by atoms with Crippen molar-refractivity contribution in [3.05, 3.63) is 29.8 Å². The number of benzene rings is 1. The van der Waals surface area contributed by atoms with E-state index in [0.29, 0.717) is 12.2 Å². The van der Waals surface area contributed by atoms with E-state index in [2.05, 4.69) is 10.6 Å². The molecule has 3 N–H and O–H groups in total. The summed E-state index contributed by atoms with van der Waals surface area (Å²) in [6.45, 7) is 5.88. The molecule has 0 aromatic heterocycles. The van der Waals surface area contributed by atoms with E-state index in [4.69, 9.17) is 5.11 Å². The van der Waals surface area contributed by atoms with Gasteiger partial charge in [0.25, 0.3) is 0 Å². The standard InChI is InChI=1S/C13H18N2O3/c1-4-14-12(18)13(2,3)15-10-7-5-6-9(8-10)11(16)17/h5-8,15H,4H2,1-3H3,(H,14,18)(H,16,17). The third-order valence-corrected chi connectivity index (χ3v) is 2.47. The molecule has 5 heteroatoms. The van der Waals surface area contributed by atoms with Gasteiger partial charge in [0, 0.05) is 12.2 Å². The van der Waals surface area contributed by atoms with Gasteiger partial charge in [0.2, 0.25) is 5.91 Å². The van der Waals surface area contributed by atoms with Crippen molar-refractivity contribution in [2.24, 2.45) is 0 Å². The van der Waals surface area contributed by atoms with Crippen LogP contribution < -0.4 is 10.6 Å². The molecule has 0 atom stereocenters. The lowest BCUT2D eigenvalue weighted by Gasteiger charge is -2.26. The molecular weight excluding hydrogens is 232 g/mol. The fourth-order valence-corrected chi connectivity index (χ4v) is 1.53. The van der Waals surface area contributed by atoms with E-state index in [1.54, 1.807) is 26.0 Å². The predicted octanol–water partition coefficient (Wildman–Crippen LogP) is 1.71. The smallest absolute Gasteiger partial charge is 0.335 e. The van der Waals surface area contributed by atoms with E-state index in [1.807, 2.05) is 6.92 Å². The van der Waals surface area contributed by atoms with Gasteiger partial charge in [-0.2, -0.15) is 0 Å². The van der Waals surface area contributed by atoms with Gasteiger partial charge < -0.3 is 15.7 Å². The summed E-state index contributed by atoms with van der Waals surface area (Å²) in [5.74, 6) is -1.12. The Kier molecular flexibility index (Phi) is 4.31. The van der Waals surface area contributed by atoms with Crippen molar-refractivity contribution < 1.29 is 14.7 Å². The molecule has 0 spiro atoms. The van der Waals surface area contributed by atoms with Gasteiger partial charge >= 0.3 is 5.97 Å². The minimum absolute atomic E-state index is 0.134. The van der Waals surface area contributed by atoms with E-state index in [1.165, 1.54) is 12.1 Å². The Morgan fingerprint density at radius 1 is 1.33 bits per heavy atom. The van der Waals surface area contributed by atoms with E-state index in [0.717, 1.165) is 0 Å². The Labute approximate surface area is 106 Å². The first-order valence-electron chi connectivity index (χ1n) is 5.76. The summed E-state index contributed by atoms with van der Waals surface area (Å²) in [5.41, 5.74) is -0.00880. The number of carboxylic acid groups (broad SMARTS) is 1. The highest BCUT2D eigenvalue weighted by atomic mass is 16.4. The van der Waals surface area contributed by atoms with Crippen LogP contribution in [-0.2, 0) is 4.79 Å². The number of hydrogen-bond donors (Lipinski definition) is 3. The van der Waals surface area contributed by atoms with E-state index < -0.39 is 11.5 Å². The van der Waals surface area contributed by atoms with Crippen LogP contribution in [0.25, 0.3) is 0 Å². The Balaban J connectivity index is 2.86. The Hall–Kier alpha value is -2.04. The van der Waals surface area contributed by atoms with Crippen LogP contribution in [0.3, 0.4) is 0 Å². The zero-order chi connectivity index (χ0) is 13.8. The molecule has 0 radical (unpaired) electrons. The van der Waals surface area contributed by atoms with E-state index >= 15 is 0 Å². The minimum Gasteiger partial charge on any atom is -0.478 e. The van der Waals surface area contributed by atoms with Crippen LogP contribution in [0.15, 0.2) is 24.3 Å². The molecule has 0 aliphatic heterocycles. The molecule has 5 nitrogen and oxygen atoms in total. The number of amides is 1. The van der Waals surface area contributed by atoms with Gasteiger partial charge in [-0.05, 0) is 39.0 Å². The summed E-state index contributed by atoms with van der Waals surface area (Å²) in [7, 11) is 0. The number of hydrogen-bond acceptors (Lipinski definition) is 3. The highest BCUT2D eigenvalue weighted by Crippen LogP contribution is 2.17. The maximum Gasteiger partial charge on any atom is 0.335 e. The van der Waals surface area contributed by atoms with Gasteiger partial charge in [-0.25, -0.2) is 4.79 Å². The van der Waals surface area contributed by atoms with Crippen molar-refractivity contribution in [1.82, 2.24) is 5.32 Å². The fraction of sp³-hybridized carbons (Fsp3) is 0.385. The molecule has 0 heterocycles. The first-order chi connectivity index (χ1) is 8.36. The molecule has 18 heavy (non-hydrogen) atoms. The number of nitrogens with one attached hydrogen (secondary N) is 2. The van der Waals surface area contributed by atoms with Crippen LogP contribution in [0, 0.1) is 0 Å². The fourth-order valence-electron chi connectivity index (χ4n) is 1.53. The molecule has 0 aliphatic rings. The largest absolute Gasteiger partial charge is 0.478 e. The number of carboxylic acids is 1. The monoisotopic (exact) mass is 250 g/mol. The summed E-state index contributed by atoms with van der Waals surface area (Å²) in [4.78, 5) is 22.6. The van der Waals surface area contributed by atoms with E-state index in [-0.39, 0.29) is 11.5 Å². The van der Waals surface area contributed by atoms with Gasteiger partial charge in [-0.1, -0.05) is 6.07 Å². The molecule has 1 rings (SSSR count). The molecule has 0 unspecified atom stereocenters. The number of anilines is 1. The molecular formula is C13H18N2O3. The molecule has 0 fully saturated rings. The van der Waals surface area contributed by atoms with Crippen LogP contribution in [-0.4, -0.2) is 29.1 Å². The lowest BCUT2D eigenvalue weighted by molar-refractivity contribution is -0.124. The normalized spacial score (nSPS) is 10.8. The number of carbonyl (C=O) groups excluding carboxylic acids is 1. The van der Waals surface area contributed by atoms with E-state index in [9.17, 15) is 9.59 Å². The van der Waals surface area contributed by atoms with Crippen LogP contribution in [0.5, 0.6) is 0 Å². The highest BCUT2D eigenvalue weighted by Gasteiger charge is 2.26. The lowest BCUT2D eigenvalue weighted by Crippen LogP contribution is -2.47. The third-order valence-electron chi connectivity index (χ3n) is 2.47. The summed E-state index contributed by atoms with van der Waals surface area (Å²) >= 11 is 0. The molecule has 0 saturated carbocycles. The topological polar surface area (TPSA) is 78.4 Å². The second-order valence-corrected chi connectivity index (χ2v) is 4.50. The SMILES string of the molecule is CCNC(=O)C(C)(C)Nc1cccc(C(=O)O)c1. The van der Waals surface area contributed by atoms with Crippen molar-refractivity contribution in [2.75, 3.05) is 11.9 Å². The van der Waals surface area contributed by atoms with Gasteiger partial charge in [0.1, 0.15) is 5.54 Å². The summed E-state index contributed by atoms with van der Waals surface area (Å²) < 4.78 is 0. The van der Waals surface area contributed by atoms with Crippen molar-refractivity contribution in [3.8, 4) is 0 Å². The molecule has 1 aromatic rings. The van der Waals surface area contributed by atoms with Gasteiger partial charge in [0.15, 0.2) is 0 Å². The number of aromatic carboxylic acids is 1. The van der Waals surface area contributed by atoms with Crippen LogP contribution >= 0.6 is 0 Å². The zero-order valence-corrected chi connectivity index (χ0v) is 10.8.